The number of rotatable bonds is 9. The molecule has 2 aliphatic carbocycles. The summed E-state index contributed by atoms with van der Waals surface area (Å²) in [4.78, 5) is 21.4. The molecule has 2 aromatic carbocycles. The van der Waals surface area contributed by atoms with Crippen LogP contribution in [-0.2, 0) is 43.7 Å². The number of fused-ring (bicyclic) bond motifs is 2. The molecule has 0 spiro atoms. The van der Waals surface area contributed by atoms with Crippen molar-refractivity contribution in [3.63, 3.8) is 0 Å². The summed E-state index contributed by atoms with van der Waals surface area (Å²) in [6.45, 7) is 0. The molecule has 328 valence electrons. The summed E-state index contributed by atoms with van der Waals surface area (Å²) < 4.78 is 64.8. The van der Waals surface area contributed by atoms with E-state index in [0.29, 0.717) is 35.8 Å². The SMILES string of the molecule is COC=C1CCC(c2cnc3c(c2)c(-c2cnn(C)c2)cn3S(=O)(=O)c2ccccc2)CC1.Cn1cc(-c2cn(S(=O)(=O)c3ccccc3)c3ncc(C4CCC(=O)CC4)cc23)cn1. The number of allylic oxidation sites excluding steroid dienone is 1. The largest absolute Gasteiger partial charge is 0.504 e. The number of aryl methyl sites for hydroxylation is 2. The van der Waals surface area contributed by atoms with Crippen LogP contribution in [-0.4, -0.2) is 67.2 Å². The van der Waals surface area contributed by atoms with Crippen LogP contribution < -0.4 is 0 Å². The number of aromatic nitrogens is 8. The maximum atomic E-state index is 13.5. The average molecular weight is 897 g/mol. The number of hydrogen-bond acceptors (Lipinski definition) is 10. The van der Waals surface area contributed by atoms with Gasteiger partial charge >= 0.3 is 0 Å². The molecule has 2 saturated carbocycles. The fraction of sp³-hybridized carbons (Fsp3) is 0.271. The quantitative estimate of drug-likeness (QED) is 0.128. The Morgan fingerprint density at radius 2 is 1.02 bits per heavy atom. The standard InChI is InChI=1S/C25H26N4O3S.C23H22N4O3S/c1-28-15-21(14-27-28)24-16-29(33(30,31)22-6-4-3-5-7-22)25-23(24)12-20(13-26-25)19-10-8-18(9-11-19)17-32-2;1-26-14-18(13-25-26)22-15-27(31(29,30)20-5-3-2-4-6-20)23-21(22)11-17(12-24-23)16-7-9-19(28)10-8-16/h3-7,12-17,19H,8-11H2,1-2H3;2-6,11-16H,7-10H2,1H3. The number of methoxy groups -OCH3 is 1. The Morgan fingerprint density at radius 3 is 1.41 bits per heavy atom. The van der Waals surface area contributed by atoms with Crippen molar-refractivity contribution in [1.29, 1.82) is 0 Å². The Bertz CT molecular complexity index is 3240. The highest BCUT2D eigenvalue weighted by Gasteiger charge is 2.28. The maximum absolute atomic E-state index is 13.5. The molecule has 14 nitrogen and oxygen atoms in total. The van der Waals surface area contributed by atoms with Crippen LogP contribution in [0.25, 0.3) is 44.3 Å². The molecule has 2 fully saturated rings. The van der Waals surface area contributed by atoms with Gasteiger partial charge in [-0.15, -0.1) is 0 Å². The van der Waals surface area contributed by atoms with E-state index in [4.69, 9.17) is 4.74 Å². The smallest absolute Gasteiger partial charge is 0.269 e. The molecule has 0 atom stereocenters. The minimum atomic E-state index is -3.81. The number of carbonyl (C=O) groups is 1. The van der Waals surface area contributed by atoms with E-state index in [9.17, 15) is 21.6 Å². The highest BCUT2D eigenvalue weighted by atomic mass is 32.2. The average Bonchev–Trinajstić information content (AvgIpc) is 4.13. The van der Waals surface area contributed by atoms with E-state index < -0.39 is 20.0 Å². The molecule has 0 bridgehead atoms. The van der Waals surface area contributed by atoms with Gasteiger partial charge in [0.2, 0.25) is 0 Å². The molecule has 0 N–H and O–H groups in total. The predicted molar refractivity (Wildman–Crippen MR) is 244 cm³/mol. The van der Waals surface area contributed by atoms with Crippen LogP contribution >= 0.6 is 0 Å². The molecule has 0 saturated heterocycles. The van der Waals surface area contributed by atoms with Crippen LogP contribution in [0.5, 0.6) is 0 Å². The van der Waals surface area contributed by atoms with Crippen molar-refractivity contribution < 1.29 is 26.4 Å². The lowest BCUT2D eigenvalue weighted by Crippen LogP contribution is -2.13. The highest BCUT2D eigenvalue weighted by molar-refractivity contribution is 7.90. The molecule has 10 rings (SSSR count). The molecule has 0 amide bonds. The Hall–Kier alpha value is -6.65. The summed E-state index contributed by atoms with van der Waals surface area (Å²) in [5, 5.41) is 10.1. The third-order valence-corrected chi connectivity index (χ3v) is 15.6. The number of ether oxygens (including phenoxy) is 1. The molecule has 0 unspecified atom stereocenters. The van der Waals surface area contributed by atoms with Crippen molar-refractivity contribution in [3.8, 4) is 22.3 Å². The fourth-order valence-corrected chi connectivity index (χ4v) is 11.6. The molecule has 6 heterocycles. The van der Waals surface area contributed by atoms with Crippen molar-refractivity contribution in [2.24, 2.45) is 14.1 Å². The molecule has 16 heteroatoms. The number of hydrogen-bond donors (Lipinski definition) is 0. The number of ketones is 1. The Morgan fingerprint density at radius 1 is 0.594 bits per heavy atom. The van der Waals surface area contributed by atoms with Crippen LogP contribution in [0, 0.1) is 0 Å². The highest BCUT2D eigenvalue weighted by Crippen LogP contribution is 2.40. The summed E-state index contributed by atoms with van der Waals surface area (Å²) in [7, 11) is -2.24. The van der Waals surface area contributed by atoms with Gasteiger partial charge in [0, 0.05) is 97.1 Å². The lowest BCUT2D eigenvalue weighted by Gasteiger charge is -2.24. The van der Waals surface area contributed by atoms with Gasteiger partial charge < -0.3 is 4.74 Å². The predicted octanol–water partition coefficient (Wildman–Crippen LogP) is 8.76. The zero-order chi connectivity index (χ0) is 44.6. The number of benzene rings is 2. The zero-order valence-electron chi connectivity index (χ0n) is 35.8. The molecule has 6 aromatic heterocycles. The van der Waals surface area contributed by atoms with Gasteiger partial charge in [-0.05, 0) is 103 Å². The second kappa shape index (κ2) is 17.5. The number of Topliss-reactive ketones (excluding diaryl/α,β-unsaturated/α-hetero) is 1. The van der Waals surface area contributed by atoms with Gasteiger partial charge in [-0.2, -0.15) is 10.2 Å². The normalized spacial score (nSPS) is 16.2. The maximum Gasteiger partial charge on any atom is 0.269 e. The number of pyridine rings is 2. The van der Waals surface area contributed by atoms with Crippen molar-refractivity contribution in [1.82, 2.24) is 37.5 Å². The van der Waals surface area contributed by atoms with E-state index >= 15 is 0 Å². The van der Waals surface area contributed by atoms with Gasteiger partial charge in [-0.1, -0.05) is 36.4 Å². The fourth-order valence-electron chi connectivity index (χ4n) is 8.88. The van der Waals surface area contributed by atoms with E-state index in [1.165, 1.54) is 13.5 Å². The molecule has 8 aromatic rings. The minimum absolute atomic E-state index is 0.210. The van der Waals surface area contributed by atoms with E-state index in [1.807, 2.05) is 45.0 Å². The summed E-state index contributed by atoms with van der Waals surface area (Å²) in [6, 6.07) is 21.0. The van der Waals surface area contributed by atoms with Gasteiger partial charge in [0.1, 0.15) is 5.78 Å². The molecular weight excluding hydrogens is 849 g/mol. The number of nitrogens with zero attached hydrogens (tertiary/aromatic N) is 8. The van der Waals surface area contributed by atoms with Crippen molar-refractivity contribution in [2.45, 2.75) is 73.0 Å². The van der Waals surface area contributed by atoms with Crippen molar-refractivity contribution in [3.05, 3.63) is 145 Å². The van der Waals surface area contributed by atoms with Crippen LogP contribution in [0.3, 0.4) is 0 Å². The first kappa shape index (κ1) is 42.6. The molecule has 64 heavy (non-hydrogen) atoms. The third kappa shape index (κ3) is 8.30. The molecular formula is C48H48N8O6S2. The van der Waals surface area contributed by atoms with Gasteiger partial charge in [0.05, 0.1) is 35.6 Å². The van der Waals surface area contributed by atoms with Gasteiger partial charge in [-0.25, -0.2) is 34.7 Å². The van der Waals surface area contributed by atoms with Crippen LogP contribution in [0.4, 0.5) is 0 Å². The topological polar surface area (TPSA) is 166 Å². The lowest BCUT2D eigenvalue weighted by molar-refractivity contribution is -0.120. The summed E-state index contributed by atoms with van der Waals surface area (Å²) in [5.74, 6) is 0.943. The summed E-state index contributed by atoms with van der Waals surface area (Å²) in [5.41, 5.74) is 7.59. The number of carbonyl (C=O) groups excluding carboxylic acids is 1. The van der Waals surface area contributed by atoms with E-state index in [0.717, 1.165) is 82.7 Å². The van der Waals surface area contributed by atoms with Gasteiger partial charge in [-0.3, -0.25) is 14.2 Å². The first-order chi connectivity index (χ1) is 30.9. The van der Waals surface area contributed by atoms with E-state index in [2.05, 4.69) is 26.2 Å². The molecule has 0 aliphatic heterocycles. The van der Waals surface area contributed by atoms with E-state index in [1.54, 1.807) is 108 Å². The lowest BCUT2D eigenvalue weighted by atomic mass is 9.82. The monoisotopic (exact) mass is 896 g/mol. The van der Waals surface area contributed by atoms with Crippen molar-refractivity contribution >= 4 is 47.9 Å². The Labute approximate surface area is 372 Å². The Balaban J connectivity index is 0.000000162. The zero-order valence-corrected chi connectivity index (χ0v) is 37.4. The Kier molecular flexibility index (Phi) is 11.7. The molecule has 2 aliphatic rings. The van der Waals surface area contributed by atoms with Gasteiger partial charge in [0.15, 0.2) is 11.3 Å². The van der Waals surface area contributed by atoms with Crippen molar-refractivity contribution in [2.75, 3.05) is 7.11 Å². The summed E-state index contributed by atoms with van der Waals surface area (Å²) >= 11 is 0. The second-order valence-electron chi connectivity index (χ2n) is 16.5. The summed E-state index contributed by atoms with van der Waals surface area (Å²) in [6.07, 6.45) is 22.8. The van der Waals surface area contributed by atoms with Crippen LogP contribution in [0.2, 0.25) is 0 Å². The molecule has 0 radical (unpaired) electrons. The second-order valence-corrected chi connectivity index (χ2v) is 20.1. The van der Waals surface area contributed by atoms with E-state index in [-0.39, 0.29) is 15.7 Å². The first-order valence-electron chi connectivity index (χ1n) is 21.2. The van der Waals surface area contributed by atoms with Crippen LogP contribution in [0.1, 0.15) is 74.3 Å². The minimum Gasteiger partial charge on any atom is -0.504 e. The third-order valence-electron chi connectivity index (χ3n) is 12.3. The van der Waals surface area contributed by atoms with Crippen LogP contribution in [0.15, 0.2) is 144 Å². The van der Waals surface area contributed by atoms with Gasteiger partial charge in [0.25, 0.3) is 20.0 Å². The first-order valence-corrected chi connectivity index (χ1v) is 24.1.